The summed E-state index contributed by atoms with van der Waals surface area (Å²) < 4.78 is 0.845. The van der Waals surface area contributed by atoms with Gasteiger partial charge in [0.1, 0.15) is 6.54 Å². The van der Waals surface area contributed by atoms with E-state index in [0.29, 0.717) is 12.0 Å². The Morgan fingerprint density at radius 1 is 1.42 bits per heavy atom. The third-order valence-electron chi connectivity index (χ3n) is 3.11. The molecule has 0 aliphatic carbocycles. The molecule has 19 heavy (non-hydrogen) atoms. The van der Waals surface area contributed by atoms with Gasteiger partial charge in [0.05, 0.1) is 0 Å². The number of carboxylic acids is 1. The number of amides is 1. The molecular formula is C14H18BrNO3. The van der Waals surface area contributed by atoms with Crippen LogP contribution < -0.4 is 0 Å². The van der Waals surface area contributed by atoms with Crippen LogP contribution in [-0.2, 0) is 4.79 Å². The summed E-state index contributed by atoms with van der Waals surface area (Å²) in [5, 5.41) is 8.92. The molecule has 0 bridgehead atoms. The highest BCUT2D eigenvalue weighted by molar-refractivity contribution is 9.10. The highest BCUT2D eigenvalue weighted by Gasteiger charge is 2.23. The van der Waals surface area contributed by atoms with E-state index < -0.39 is 5.97 Å². The summed E-state index contributed by atoms with van der Waals surface area (Å²) in [4.78, 5) is 24.7. The lowest BCUT2D eigenvalue weighted by atomic mass is 10.1. The van der Waals surface area contributed by atoms with E-state index in [1.54, 1.807) is 12.1 Å². The summed E-state index contributed by atoms with van der Waals surface area (Å²) in [6, 6.07) is 5.19. The van der Waals surface area contributed by atoms with E-state index in [2.05, 4.69) is 15.9 Å². The zero-order chi connectivity index (χ0) is 14.6. The van der Waals surface area contributed by atoms with Gasteiger partial charge in [0.2, 0.25) is 0 Å². The first-order valence-corrected chi connectivity index (χ1v) is 6.95. The highest BCUT2D eigenvalue weighted by atomic mass is 79.9. The zero-order valence-corrected chi connectivity index (χ0v) is 12.9. The number of halogens is 1. The standard InChI is InChI=1S/C14H18BrNO3/c1-4-10(3)16(8-13(17)18)14(19)11-6-5-9(2)12(15)7-11/h5-7,10H,4,8H2,1-3H3,(H,17,18). The molecule has 0 saturated heterocycles. The van der Waals surface area contributed by atoms with Crippen molar-refractivity contribution >= 4 is 27.8 Å². The minimum absolute atomic E-state index is 0.108. The minimum Gasteiger partial charge on any atom is -0.480 e. The van der Waals surface area contributed by atoms with Crippen LogP contribution in [-0.4, -0.2) is 34.5 Å². The highest BCUT2D eigenvalue weighted by Crippen LogP contribution is 2.19. The molecule has 1 aromatic carbocycles. The normalized spacial score (nSPS) is 12.0. The van der Waals surface area contributed by atoms with Crippen molar-refractivity contribution in [2.45, 2.75) is 33.2 Å². The number of carbonyl (C=O) groups is 2. The second kappa shape index (κ2) is 6.70. The lowest BCUT2D eigenvalue weighted by Crippen LogP contribution is -2.41. The van der Waals surface area contributed by atoms with Crippen molar-refractivity contribution < 1.29 is 14.7 Å². The van der Waals surface area contributed by atoms with Crippen molar-refractivity contribution in [2.24, 2.45) is 0 Å². The van der Waals surface area contributed by atoms with E-state index in [9.17, 15) is 9.59 Å². The third-order valence-corrected chi connectivity index (χ3v) is 3.96. The number of nitrogens with zero attached hydrogens (tertiary/aromatic N) is 1. The van der Waals surface area contributed by atoms with Gasteiger partial charge >= 0.3 is 5.97 Å². The maximum absolute atomic E-state index is 12.4. The van der Waals surface area contributed by atoms with Crippen molar-refractivity contribution in [1.29, 1.82) is 0 Å². The van der Waals surface area contributed by atoms with E-state index in [0.717, 1.165) is 10.0 Å². The lowest BCUT2D eigenvalue weighted by molar-refractivity contribution is -0.138. The molecule has 0 aliphatic rings. The largest absolute Gasteiger partial charge is 0.480 e. The molecule has 1 N–H and O–H groups in total. The van der Waals surface area contributed by atoms with Crippen LogP contribution in [0.15, 0.2) is 22.7 Å². The van der Waals surface area contributed by atoms with Gasteiger partial charge in [-0.15, -0.1) is 0 Å². The molecular weight excluding hydrogens is 310 g/mol. The first-order chi connectivity index (χ1) is 8.86. The molecule has 1 unspecified atom stereocenters. The second-order valence-corrected chi connectivity index (χ2v) is 5.40. The van der Waals surface area contributed by atoms with E-state index in [-0.39, 0.29) is 18.5 Å². The van der Waals surface area contributed by atoms with Gasteiger partial charge in [-0.3, -0.25) is 9.59 Å². The molecule has 0 fully saturated rings. The maximum atomic E-state index is 12.4. The van der Waals surface area contributed by atoms with Crippen LogP contribution in [0, 0.1) is 6.92 Å². The Kier molecular flexibility index (Phi) is 5.54. The number of carbonyl (C=O) groups excluding carboxylic acids is 1. The van der Waals surface area contributed by atoms with Crippen LogP contribution in [0.25, 0.3) is 0 Å². The summed E-state index contributed by atoms with van der Waals surface area (Å²) in [6.07, 6.45) is 0.714. The molecule has 0 aliphatic heterocycles. The molecule has 1 atom stereocenters. The van der Waals surface area contributed by atoms with Gasteiger partial charge in [0, 0.05) is 16.1 Å². The number of hydrogen-bond donors (Lipinski definition) is 1. The molecule has 0 aromatic heterocycles. The van der Waals surface area contributed by atoms with Crippen LogP contribution in [0.2, 0.25) is 0 Å². The average molecular weight is 328 g/mol. The van der Waals surface area contributed by atoms with Gasteiger partial charge in [-0.25, -0.2) is 0 Å². The van der Waals surface area contributed by atoms with Crippen LogP contribution in [0.3, 0.4) is 0 Å². The first kappa shape index (κ1) is 15.7. The SMILES string of the molecule is CCC(C)N(CC(=O)O)C(=O)c1ccc(C)c(Br)c1. The fourth-order valence-electron chi connectivity index (χ4n) is 1.69. The van der Waals surface area contributed by atoms with Gasteiger partial charge in [0.15, 0.2) is 0 Å². The molecule has 0 saturated carbocycles. The third kappa shape index (κ3) is 4.06. The number of benzene rings is 1. The van der Waals surface area contributed by atoms with Crippen LogP contribution in [0.1, 0.15) is 36.2 Å². The Morgan fingerprint density at radius 3 is 2.53 bits per heavy atom. The fourth-order valence-corrected chi connectivity index (χ4v) is 2.06. The molecule has 0 spiro atoms. The van der Waals surface area contributed by atoms with Crippen LogP contribution >= 0.6 is 15.9 Å². The summed E-state index contributed by atoms with van der Waals surface area (Å²) in [5.74, 6) is -1.25. The second-order valence-electron chi connectivity index (χ2n) is 4.55. The van der Waals surface area contributed by atoms with Gasteiger partial charge < -0.3 is 10.0 Å². The van der Waals surface area contributed by atoms with E-state index in [4.69, 9.17) is 5.11 Å². The van der Waals surface area contributed by atoms with Gasteiger partial charge in [0.25, 0.3) is 5.91 Å². The lowest BCUT2D eigenvalue weighted by Gasteiger charge is -2.27. The molecule has 1 amide bonds. The topological polar surface area (TPSA) is 57.6 Å². The maximum Gasteiger partial charge on any atom is 0.323 e. The van der Waals surface area contributed by atoms with Crippen molar-refractivity contribution in [2.75, 3.05) is 6.54 Å². The molecule has 0 heterocycles. The Hall–Kier alpha value is -1.36. The summed E-state index contributed by atoms with van der Waals surface area (Å²) in [5.41, 5.74) is 1.53. The van der Waals surface area contributed by atoms with Gasteiger partial charge in [-0.1, -0.05) is 28.9 Å². The summed E-state index contributed by atoms with van der Waals surface area (Å²) in [7, 11) is 0. The van der Waals surface area contributed by atoms with Crippen molar-refractivity contribution in [3.8, 4) is 0 Å². The number of carboxylic acid groups (broad SMARTS) is 1. The predicted octanol–water partition coefficient (Wildman–Crippen LogP) is 3.08. The van der Waals surface area contributed by atoms with Crippen LogP contribution in [0.5, 0.6) is 0 Å². The quantitative estimate of drug-likeness (QED) is 0.904. The Bertz CT molecular complexity index is 488. The van der Waals surface area contributed by atoms with Crippen LogP contribution in [0.4, 0.5) is 0 Å². The zero-order valence-electron chi connectivity index (χ0n) is 11.3. The monoisotopic (exact) mass is 327 g/mol. The van der Waals surface area contributed by atoms with Gasteiger partial charge in [-0.05, 0) is 38.0 Å². The smallest absolute Gasteiger partial charge is 0.323 e. The Morgan fingerprint density at radius 2 is 2.05 bits per heavy atom. The fraction of sp³-hybridized carbons (Fsp3) is 0.429. The van der Waals surface area contributed by atoms with E-state index >= 15 is 0 Å². The Balaban J connectivity index is 3.04. The van der Waals surface area contributed by atoms with Crippen molar-refractivity contribution in [1.82, 2.24) is 4.90 Å². The Labute approximate surface area is 121 Å². The number of rotatable bonds is 5. The predicted molar refractivity (Wildman–Crippen MR) is 77.3 cm³/mol. The number of hydrogen-bond acceptors (Lipinski definition) is 2. The molecule has 4 nitrogen and oxygen atoms in total. The number of aryl methyl sites for hydroxylation is 1. The molecule has 104 valence electrons. The minimum atomic E-state index is -1.00. The molecule has 1 rings (SSSR count). The first-order valence-electron chi connectivity index (χ1n) is 6.15. The molecule has 1 aromatic rings. The number of aliphatic carboxylic acids is 1. The van der Waals surface area contributed by atoms with Gasteiger partial charge in [-0.2, -0.15) is 0 Å². The van der Waals surface area contributed by atoms with E-state index in [1.165, 1.54) is 4.90 Å². The van der Waals surface area contributed by atoms with Crippen molar-refractivity contribution in [3.63, 3.8) is 0 Å². The molecule has 0 radical (unpaired) electrons. The summed E-state index contributed by atoms with van der Waals surface area (Å²) >= 11 is 3.38. The molecule has 5 heteroatoms. The average Bonchev–Trinajstić information content (AvgIpc) is 2.37. The van der Waals surface area contributed by atoms with Crippen molar-refractivity contribution in [3.05, 3.63) is 33.8 Å². The summed E-state index contributed by atoms with van der Waals surface area (Å²) in [6.45, 7) is 5.43. The van der Waals surface area contributed by atoms with E-state index in [1.807, 2.05) is 26.8 Å².